The summed E-state index contributed by atoms with van der Waals surface area (Å²) in [5.41, 5.74) is -0.189. The summed E-state index contributed by atoms with van der Waals surface area (Å²) in [6.45, 7) is 3.84. The molecule has 0 aromatic carbocycles. The molecule has 0 aromatic heterocycles. The van der Waals surface area contributed by atoms with Crippen molar-refractivity contribution in [1.82, 2.24) is 9.80 Å². The van der Waals surface area contributed by atoms with Crippen molar-refractivity contribution in [3.63, 3.8) is 0 Å². The van der Waals surface area contributed by atoms with Gasteiger partial charge in [-0.05, 0) is 38.8 Å². The van der Waals surface area contributed by atoms with E-state index in [1.54, 1.807) is 4.90 Å². The summed E-state index contributed by atoms with van der Waals surface area (Å²) >= 11 is 0. The van der Waals surface area contributed by atoms with E-state index in [9.17, 15) is 4.79 Å². The normalized spacial score (nSPS) is 35.6. The van der Waals surface area contributed by atoms with Crippen molar-refractivity contribution < 1.29 is 14.6 Å². The Morgan fingerprint density at radius 2 is 2.00 bits per heavy atom. The molecule has 1 spiro atoms. The molecule has 0 bridgehead atoms. The van der Waals surface area contributed by atoms with Crippen molar-refractivity contribution in [3.8, 4) is 0 Å². The number of aliphatic hydroxyl groups is 1. The van der Waals surface area contributed by atoms with Gasteiger partial charge in [-0.3, -0.25) is 9.69 Å². The first kappa shape index (κ1) is 14.3. The van der Waals surface area contributed by atoms with Crippen molar-refractivity contribution in [1.29, 1.82) is 0 Å². The summed E-state index contributed by atoms with van der Waals surface area (Å²) in [6.07, 6.45) is 7.24. The Labute approximate surface area is 120 Å². The van der Waals surface area contributed by atoms with Crippen LogP contribution in [0.25, 0.3) is 0 Å². The highest BCUT2D eigenvalue weighted by atomic mass is 16.5. The van der Waals surface area contributed by atoms with Crippen LogP contribution in [-0.2, 0) is 9.53 Å². The Hall–Kier alpha value is -0.650. The lowest BCUT2D eigenvalue weighted by molar-refractivity contribution is -0.175. The zero-order valence-electron chi connectivity index (χ0n) is 12.2. The molecule has 0 aromatic rings. The van der Waals surface area contributed by atoms with Crippen LogP contribution in [0.2, 0.25) is 0 Å². The number of likely N-dealkylation sites (tertiary alicyclic amines) is 1. The van der Waals surface area contributed by atoms with E-state index in [1.165, 1.54) is 45.2 Å². The van der Waals surface area contributed by atoms with Crippen LogP contribution >= 0.6 is 0 Å². The van der Waals surface area contributed by atoms with Crippen molar-refractivity contribution in [3.05, 3.63) is 0 Å². The number of ether oxygens (including phenoxy) is 1. The van der Waals surface area contributed by atoms with Gasteiger partial charge in [-0.15, -0.1) is 0 Å². The molecule has 3 rings (SSSR count). The number of aliphatic hydroxyl groups excluding tert-OH is 1. The molecular formula is C15H26N2O3. The Kier molecular flexibility index (Phi) is 4.29. The number of nitrogens with zero attached hydrogens (tertiary/aromatic N) is 2. The van der Waals surface area contributed by atoms with Crippen LogP contribution in [-0.4, -0.2) is 71.8 Å². The van der Waals surface area contributed by atoms with Crippen LogP contribution in [0.5, 0.6) is 0 Å². The number of carbonyl (C=O) groups excluding carboxylic acids is 1. The molecular weight excluding hydrogens is 256 g/mol. The summed E-state index contributed by atoms with van der Waals surface area (Å²) in [7, 11) is 0. The summed E-state index contributed by atoms with van der Waals surface area (Å²) in [5.74, 6) is -0.154. The van der Waals surface area contributed by atoms with Gasteiger partial charge in [0.2, 0.25) is 5.91 Å². The fraction of sp³-hybridized carbons (Fsp3) is 0.933. The summed E-state index contributed by atoms with van der Waals surface area (Å²) in [4.78, 5) is 16.2. The molecule has 1 saturated carbocycles. The third kappa shape index (κ3) is 2.59. The summed E-state index contributed by atoms with van der Waals surface area (Å²) in [6, 6.07) is 0.452. The van der Waals surface area contributed by atoms with Crippen LogP contribution in [0.15, 0.2) is 0 Å². The van der Waals surface area contributed by atoms with Crippen LogP contribution in [0.1, 0.15) is 38.5 Å². The molecule has 20 heavy (non-hydrogen) atoms. The highest BCUT2D eigenvalue weighted by molar-refractivity contribution is 5.77. The third-order valence-electron chi connectivity index (χ3n) is 5.21. The summed E-state index contributed by atoms with van der Waals surface area (Å²) < 4.78 is 6.24. The molecule has 1 amide bonds. The van der Waals surface area contributed by atoms with E-state index in [-0.39, 0.29) is 18.1 Å². The van der Waals surface area contributed by atoms with Crippen LogP contribution in [0.3, 0.4) is 0 Å². The first-order valence-corrected chi connectivity index (χ1v) is 8.02. The lowest BCUT2D eigenvalue weighted by atomic mass is 9.78. The van der Waals surface area contributed by atoms with Crippen LogP contribution in [0, 0.1) is 0 Å². The van der Waals surface area contributed by atoms with Crippen LogP contribution in [0.4, 0.5) is 0 Å². The second-order valence-electron chi connectivity index (χ2n) is 6.39. The average molecular weight is 282 g/mol. The molecule has 1 N–H and O–H groups in total. The number of hydrogen-bond donors (Lipinski definition) is 1. The average Bonchev–Trinajstić information content (AvgIpc) is 3.01. The predicted molar refractivity (Wildman–Crippen MR) is 75.4 cm³/mol. The maximum Gasteiger partial charge on any atom is 0.248 e. The van der Waals surface area contributed by atoms with Gasteiger partial charge in [0, 0.05) is 12.6 Å². The highest BCUT2D eigenvalue weighted by Gasteiger charge is 2.48. The minimum Gasteiger partial charge on any atom is -0.387 e. The Morgan fingerprint density at radius 3 is 2.75 bits per heavy atom. The zero-order valence-corrected chi connectivity index (χ0v) is 12.2. The molecule has 2 saturated heterocycles. The fourth-order valence-electron chi connectivity index (χ4n) is 4.23. The molecule has 2 heterocycles. The quantitative estimate of drug-likeness (QED) is 0.806. The fourth-order valence-corrected chi connectivity index (χ4v) is 4.23. The topological polar surface area (TPSA) is 53.0 Å². The molecule has 5 heteroatoms. The molecule has 1 aliphatic carbocycles. The Bertz CT molecular complexity index is 353. The first-order chi connectivity index (χ1) is 9.75. The van der Waals surface area contributed by atoms with Gasteiger partial charge in [0.05, 0.1) is 13.2 Å². The van der Waals surface area contributed by atoms with Gasteiger partial charge < -0.3 is 14.7 Å². The van der Waals surface area contributed by atoms with Crippen molar-refractivity contribution in [2.24, 2.45) is 0 Å². The molecule has 3 aliphatic rings. The van der Waals surface area contributed by atoms with E-state index < -0.39 is 0 Å². The second-order valence-corrected chi connectivity index (χ2v) is 6.39. The number of hydrogen-bond acceptors (Lipinski definition) is 4. The highest BCUT2D eigenvalue weighted by Crippen LogP contribution is 2.38. The van der Waals surface area contributed by atoms with E-state index in [0.29, 0.717) is 25.7 Å². The minimum atomic E-state index is -0.384. The van der Waals surface area contributed by atoms with E-state index in [2.05, 4.69) is 4.90 Å². The zero-order chi connectivity index (χ0) is 14.0. The van der Waals surface area contributed by atoms with Crippen molar-refractivity contribution >= 4 is 5.91 Å². The first-order valence-electron chi connectivity index (χ1n) is 8.02. The molecule has 5 nitrogen and oxygen atoms in total. The lowest BCUT2D eigenvalue weighted by Crippen LogP contribution is -2.64. The van der Waals surface area contributed by atoms with Gasteiger partial charge >= 0.3 is 0 Å². The largest absolute Gasteiger partial charge is 0.387 e. The number of carbonyl (C=O) groups is 1. The maximum atomic E-state index is 11.8. The lowest BCUT2D eigenvalue weighted by Gasteiger charge is -2.52. The molecule has 0 radical (unpaired) electrons. The smallest absolute Gasteiger partial charge is 0.248 e. The predicted octanol–water partition coefficient (Wildman–Crippen LogP) is 0.615. The number of amides is 1. The standard InChI is InChI=1S/C15H26N2O3/c18-11-14(19)17-9-10-20-15(12-17)6-2-1-5-13(15)16-7-3-4-8-16/h13,18H,1-12H2/t13-,15-/m1/s1. The van der Waals surface area contributed by atoms with Gasteiger partial charge in [-0.25, -0.2) is 0 Å². The van der Waals surface area contributed by atoms with Gasteiger partial charge in [0.1, 0.15) is 12.2 Å². The monoisotopic (exact) mass is 282 g/mol. The minimum absolute atomic E-state index is 0.154. The molecule has 114 valence electrons. The van der Waals surface area contributed by atoms with Crippen LogP contribution < -0.4 is 0 Å². The Balaban J connectivity index is 1.77. The van der Waals surface area contributed by atoms with Crippen molar-refractivity contribution in [2.45, 2.75) is 50.2 Å². The summed E-state index contributed by atoms with van der Waals surface area (Å²) in [5, 5.41) is 9.11. The maximum absolute atomic E-state index is 11.8. The third-order valence-corrected chi connectivity index (χ3v) is 5.21. The number of rotatable bonds is 2. The van der Waals surface area contributed by atoms with E-state index in [4.69, 9.17) is 9.84 Å². The van der Waals surface area contributed by atoms with E-state index in [0.717, 1.165) is 6.42 Å². The van der Waals surface area contributed by atoms with Gasteiger partial charge in [-0.2, -0.15) is 0 Å². The molecule has 2 aliphatic heterocycles. The molecule has 3 fully saturated rings. The van der Waals surface area contributed by atoms with Crippen molar-refractivity contribution in [2.75, 3.05) is 39.4 Å². The van der Waals surface area contributed by atoms with Gasteiger partial charge in [0.15, 0.2) is 0 Å². The van der Waals surface area contributed by atoms with E-state index in [1.807, 2.05) is 0 Å². The van der Waals surface area contributed by atoms with E-state index >= 15 is 0 Å². The molecule has 2 atom stereocenters. The van der Waals surface area contributed by atoms with Gasteiger partial charge in [0.25, 0.3) is 0 Å². The molecule has 0 unspecified atom stereocenters. The SMILES string of the molecule is O=C(CO)N1CCO[C@]2(CCCC[C@H]2N2CCCC2)C1. The van der Waals surface area contributed by atoms with Gasteiger partial charge in [-0.1, -0.05) is 12.8 Å². The number of morpholine rings is 1. The second kappa shape index (κ2) is 6.00. The Morgan fingerprint density at radius 1 is 1.20 bits per heavy atom.